The molecule has 1 aliphatic carbocycles. The van der Waals surface area contributed by atoms with Gasteiger partial charge in [0.05, 0.1) is 0 Å². The van der Waals surface area contributed by atoms with Crippen LogP contribution in [0.5, 0.6) is 0 Å². The maximum Gasteiger partial charge on any atom is 0.257 e. The molecule has 0 aliphatic heterocycles. The summed E-state index contributed by atoms with van der Waals surface area (Å²) in [6.45, 7) is 0. The van der Waals surface area contributed by atoms with Crippen LogP contribution < -0.4 is 10.6 Å². The summed E-state index contributed by atoms with van der Waals surface area (Å²) in [5.74, 6) is -0.146. The summed E-state index contributed by atoms with van der Waals surface area (Å²) in [4.78, 5) is 12.0. The molecule has 0 aromatic heterocycles. The molecular weight excluding hydrogens is 371 g/mol. The predicted octanol–water partition coefficient (Wildman–Crippen LogP) is 3.23. The van der Waals surface area contributed by atoms with E-state index in [9.17, 15) is 4.79 Å². The first-order valence-electron chi connectivity index (χ1n) is 6.52. The largest absolute Gasteiger partial charge is 0.360 e. The Bertz CT molecular complexity index is 472. The van der Waals surface area contributed by atoms with E-state index < -0.39 is 0 Å². The van der Waals surface area contributed by atoms with E-state index in [0.717, 1.165) is 16.4 Å². The van der Waals surface area contributed by atoms with Crippen LogP contribution in [0.1, 0.15) is 42.5 Å². The quantitative estimate of drug-likeness (QED) is 0.604. The van der Waals surface area contributed by atoms with Crippen LogP contribution >= 0.6 is 34.8 Å². The molecule has 0 unspecified atom stereocenters. The van der Waals surface area contributed by atoms with Gasteiger partial charge in [-0.05, 0) is 65.8 Å². The van der Waals surface area contributed by atoms with E-state index in [1.54, 1.807) is 6.07 Å². The molecule has 5 heteroatoms. The van der Waals surface area contributed by atoms with Crippen LogP contribution in [0.15, 0.2) is 24.3 Å². The summed E-state index contributed by atoms with van der Waals surface area (Å²) in [7, 11) is 0. The van der Waals surface area contributed by atoms with Crippen LogP contribution in [0, 0.1) is 3.57 Å². The number of thiocarbonyl (C=S) groups is 1. The van der Waals surface area contributed by atoms with Crippen molar-refractivity contribution >= 4 is 45.8 Å². The molecule has 1 aromatic rings. The SMILES string of the molecule is O=C(NC(=S)NC1CCCCC1)c1cccc(I)c1. The first kappa shape index (κ1) is 14.7. The molecule has 102 valence electrons. The minimum absolute atomic E-state index is 0.146. The first-order valence-corrected chi connectivity index (χ1v) is 8.01. The van der Waals surface area contributed by atoms with Gasteiger partial charge in [-0.3, -0.25) is 10.1 Å². The van der Waals surface area contributed by atoms with E-state index in [2.05, 4.69) is 33.2 Å². The summed E-state index contributed by atoms with van der Waals surface area (Å²) in [5.41, 5.74) is 0.639. The van der Waals surface area contributed by atoms with Gasteiger partial charge in [0.15, 0.2) is 5.11 Å². The minimum Gasteiger partial charge on any atom is -0.360 e. The molecule has 1 fully saturated rings. The fourth-order valence-electron chi connectivity index (χ4n) is 2.27. The van der Waals surface area contributed by atoms with Gasteiger partial charge in [0.2, 0.25) is 0 Å². The van der Waals surface area contributed by atoms with Crippen molar-refractivity contribution in [1.82, 2.24) is 10.6 Å². The highest BCUT2D eigenvalue weighted by Crippen LogP contribution is 2.17. The van der Waals surface area contributed by atoms with Crippen molar-refractivity contribution in [3.05, 3.63) is 33.4 Å². The van der Waals surface area contributed by atoms with Gasteiger partial charge in [-0.1, -0.05) is 25.3 Å². The fourth-order valence-corrected chi connectivity index (χ4v) is 3.08. The van der Waals surface area contributed by atoms with Crippen molar-refractivity contribution in [3.63, 3.8) is 0 Å². The zero-order valence-corrected chi connectivity index (χ0v) is 13.6. The van der Waals surface area contributed by atoms with Crippen LogP contribution in [0.2, 0.25) is 0 Å². The lowest BCUT2D eigenvalue weighted by atomic mass is 9.96. The lowest BCUT2D eigenvalue weighted by Crippen LogP contribution is -2.45. The second-order valence-corrected chi connectivity index (χ2v) is 6.43. The molecule has 0 spiro atoms. The van der Waals surface area contributed by atoms with Crippen molar-refractivity contribution in [2.24, 2.45) is 0 Å². The molecule has 2 rings (SSSR count). The molecule has 3 nitrogen and oxygen atoms in total. The average Bonchev–Trinajstić information content (AvgIpc) is 2.39. The van der Waals surface area contributed by atoms with Crippen LogP contribution in [0.4, 0.5) is 0 Å². The summed E-state index contributed by atoms with van der Waals surface area (Å²) >= 11 is 7.39. The molecule has 19 heavy (non-hydrogen) atoms. The Balaban J connectivity index is 1.86. The number of hydrogen-bond acceptors (Lipinski definition) is 2. The van der Waals surface area contributed by atoms with Gasteiger partial charge >= 0.3 is 0 Å². The van der Waals surface area contributed by atoms with Gasteiger partial charge < -0.3 is 5.32 Å². The molecule has 1 amide bonds. The smallest absolute Gasteiger partial charge is 0.257 e. The van der Waals surface area contributed by atoms with E-state index in [0.29, 0.717) is 16.7 Å². The number of benzene rings is 1. The van der Waals surface area contributed by atoms with Crippen molar-refractivity contribution in [2.75, 3.05) is 0 Å². The predicted molar refractivity (Wildman–Crippen MR) is 89.2 cm³/mol. The Morgan fingerprint density at radius 2 is 2.00 bits per heavy atom. The number of carbonyl (C=O) groups is 1. The molecule has 0 saturated heterocycles. The summed E-state index contributed by atoms with van der Waals surface area (Å²) in [6.07, 6.45) is 6.06. The van der Waals surface area contributed by atoms with Gasteiger partial charge in [0.1, 0.15) is 0 Å². The lowest BCUT2D eigenvalue weighted by Gasteiger charge is -2.24. The van der Waals surface area contributed by atoms with Crippen LogP contribution in [-0.2, 0) is 0 Å². The Morgan fingerprint density at radius 1 is 1.26 bits per heavy atom. The van der Waals surface area contributed by atoms with Gasteiger partial charge in [-0.2, -0.15) is 0 Å². The summed E-state index contributed by atoms with van der Waals surface area (Å²) in [5, 5.41) is 6.42. The Morgan fingerprint density at radius 3 is 2.68 bits per heavy atom. The molecule has 0 atom stereocenters. The third kappa shape index (κ3) is 4.72. The van der Waals surface area contributed by atoms with Crippen molar-refractivity contribution in [3.8, 4) is 0 Å². The number of carbonyl (C=O) groups excluding carboxylic acids is 1. The normalized spacial score (nSPS) is 15.8. The number of amides is 1. The molecular formula is C14H17IN2OS. The van der Waals surface area contributed by atoms with Crippen LogP contribution in [0.25, 0.3) is 0 Å². The van der Waals surface area contributed by atoms with Crippen molar-refractivity contribution in [1.29, 1.82) is 0 Å². The second kappa shape index (κ2) is 7.19. The highest BCUT2D eigenvalue weighted by Gasteiger charge is 2.15. The Labute approximate surface area is 132 Å². The van der Waals surface area contributed by atoms with E-state index >= 15 is 0 Å². The molecule has 1 aliphatic rings. The standard InChI is InChI=1S/C14H17IN2OS/c15-11-6-4-5-10(9-11)13(18)17-14(19)16-12-7-2-1-3-8-12/h4-6,9,12H,1-3,7-8H2,(H2,16,17,18,19). The van der Waals surface area contributed by atoms with Gasteiger partial charge in [0, 0.05) is 15.2 Å². The maximum absolute atomic E-state index is 12.0. The maximum atomic E-state index is 12.0. The second-order valence-electron chi connectivity index (χ2n) is 4.77. The molecule has 0 heterocycles. The van der Waals surface area contributed by atoms with Gasteiger partial charge in [-0.15, -0.1) is 0 Å². The van der Waals surface area contributed by atoms with Crippen molar-refractivity contribution < 1.29 is 4.79 Å². The highest BCUT2D eigenvalue weighted by molar-refractivity contribution is 14.1. The highest BCUT2D eigenvalue weighted by atomic mass is 127. The zero-order valence-electron chi connectivity index (χ0n) is 10.6. The molecule has 1 saturated carbocycles. The molecule has 1 aromatic carbocycles. The van der Waals surface area contributed by atoms with E-state index in [-0.39, 0.29) is 5.91 Å². The van der Waals surface area contributed by atoms with E-state index in [4.69, 9.17) is 12.2 Å². The minimum atomic E-state index is -0.146. The number of hydrogen-bond donors (Lipinski definition) is 2. The number of halogens is 1. The van der Waals surface area contributed by atoms with E-state index in [1.807, 2.05) is 18.2 Å². The Kier molecular flexibility index (Phi) is 5.57. The fraction of sp³-hybridized carbons (Fsp3) is 0.429. The van der Waals surface area contributed by atoms with Crippen LogP contribution in [-0.4, -0.2) is 17.1 Å². The molecule has 2 N–H and O–H groups in total. The topological polar surface area (TPSA) is 41.1 Å². The summed E-state index contributed by atoms with van der Waals surface area (Å²) < 4.78 is 1.04. The lowest BCUT2D eigenvalue weighted by molar-refractivity contribution is 0.0976. The van der Waals surface area contributed by atoms with Gasteiger partial charge in [0.25, 0.3) is 5.91 Å². The third-order valence-corrected chi connectivity index (χ3v) is 4.15. The third-order valence-electron chi connectivity index (χ3n) is 3.25. The molecule has 0 radical (unpaired) electrons. The average molecular weight is 388 g/mol. The zero-order chi connectivity index (χ0) is 13.7. The monoisotopic (exact) mass is 388 g/mol. The first-order chi connectivity index (χ1) is 9.15. The molecule has 0 bridgehead atoms. The summed E-state index contributed by atoms with van der Waals surface area (Å²) in [6, 6.07) is 7.88. The van der Waals surface area contributed by atoms with Crippen LogP contribution in [0.3, 0.4) is 0 Å². The van der Waals surface area contributed by atoms with Gasteiger partial charge in [-0.25, -0.2) is 0 Å². The Hall–Kier alpha value is -0.690. The van der Waals surface area contributed by atoms with E-state index in [1.165, 1.54) is 19.3 Å². The number of rotatable bonds is 2. The number of nitrogens with one attached hydrogen (secondary N) is 2. The van der Waals surface area contributed by atoms with Crippen molar-refractivity contribution in [2.45, 2.75) is 38.1 Å².